The predicted octanol–water partition coefficient (Wildman–Crippen LogP) is 2.85. The quantitative estimate of drug-likeness (QED) is 0.689. The first-order valence-corrected chi connectivity index (χ1v) is 7.99. The van der Waals surface area contributed by atoms with E-state index in [4.69, 9.17) is 5.73 Å². The van der Waals surface area contributed by atoms with E-state index in [1.165, 1.54) is 5.56 Å². The van der Waals surface area contributed by atoms with Gasteiger partial charge in [0, 0.05) is 30.5 Å². The lowest BCUT2D eigenvalue weighted by atomic mass is 10.0. The molecule has 1 aromatic carbocycles. The molecule has 4 heteroatoms. The smallest absolute Gasteiger partial charge is 0.220 e. The number of nitrogens with two attached hydrogens (primary N) is 1. The largest absolute Gasteiger partial charge is 0.354 e. The summed E-state index contributed by atoms with van der Waals surface area (Å²) in [5.74, 6) is -0.129. The van der Waals surface area contributed by atoms with Crippen LogP contribution in [0.15, 0.2) is 24.3 Å². The zero-order valence-electron chi connectivity index (χ0n) is 13.9. The monoisotopic (exact) mass is 304 g/mol. The molecule has 0 atom stereocenters. The van der Waals surface area contributed by atoms with Gasteiger partial charge in [0.1, 0.15) is 0 Å². The summed E-state index contributed by atoms with van der Waals surface area (Å²) < 4.78 is 0. The highest BCUT2D eigenvalue weighted by Gasteiger charge is 2.13. The Morgan fingerprint density at radius 3 is 2.32 bits per heavy atom. The first-order chi connectivity index (χ1) is 10.3. The van der Waals surface area contributed by atoms with Crippen molar-refractivity contribution in [1.29, 1.82) is 0 Å². The summed E-state index contributed by atoms with van der Waals surface area (Å²) in [5.41, 5.74) is 7.29. The summed E-state index contributed by atoms with van der Waals surface area (Å²) in [6.07, 6.45) is 3.79. The van der Waals surface area contributed by atoms with Crippen LogP contribution in [-0.2, 0) is 11.2 Å². The summed E-state index contributed by atoms with van der Waals surface area (Å²) in [4.78, 5) is 23.7. The van der Waals surface area contributed by atoms with E-state index in [1.54, 1.807) is 0 Å². The molecule has 0 spiro atoms. The summed E-state index contributed by atoms with van der Waals surface area (Å²) in [6, 6.07) is 7.71. The molecule has 0 aliphatic heterocycles. The van der Waals surface area contributed by atoms with Crippen LogP contribution in [-0.4, -0.2) is 23.8 Å². The summed E-state index contributed by atoms with van der Waals surface area (Å²) in [6.45, 7) is 6.26. The molecule has 0 saturated heterocycles. The number of nitrogens with one attached hydrogen (secondary N) is 1. The van der Waals surface area contributed by atoms with Crippen LogP contribution in [0.2, 0.25) is 0 Å². The van der Waals surface area contributed by atoms with Gasteiger partial charge in [0.05, 0.1) is 0 Å². The molecule has 0 unspecified atom stereocenters. The molecule has 1 aromatic rings. The van der Waals surface area contributed by atoms with Crippen LogP contribution in [0, 0.1) is 0 Å². The SMILES string of the molecule is CCCCc1ccc(C(=O)CCC(=O)NCC(C)(C)N)cc1. The fourth-order valence-corrected chi connectivity index (χ4v) is 2.02. The maximum Gasteiger partial charge on any atom is 0.220 e. The Labute approximate surface area is 133 Å². The third kappa shape index (κ3) is 7.36. The predicted molar refractivity (Wildman–Crippen MR) is 89.9 cm³/mol. The normalized spacial score (nSPS) is 11.3. The molecular formula is C18H28N2O2. The van der Waals surface area contributed by atoms with E-state index in [0.29, 0.717) is 12.1 Å². The number of amides is 1. The Bertz CT molecular complexity index is 487. The average Bonchev–Trinajstić information content (AvgIpc) is 2.48. The minimum absolute atomic E-state index is 0.00389. The van der Waals surface area contributed by atoms with Crippen LogP contribution in [0.5, 0.6) is 0 Å². The third-order valence-corrected chi connectivity index (χ3v) is 3.42. The molecule has 0 bridgehead atoms. The van der Waals surface area contributed by atoms with Crippen molar-refractivity contribution in [1.82, 2.24) is 5.32 Å². The zero-order valence-corrected chi connectivity index (χ0v) is 13.9. The van der Waals surface area contributed by atoms with Crippen molar-refractivity contribution >= 4 is 11.7 Å². The highest BCUT2D eigenvalue weighted by Crippen LogP contribution is 2.10. The van der Waals surface area contributed by atoms with Gasteiger partial charge >= 0.3 is 0 Å². The van der Waals surface area contributed by atoms with Gasteiger partial charge in [0.2, 0.25) is 5.91 Å². The number of unbranched alkanes of at least 4 members (excludes halogenated alkanes) is 1. The van der Waals surface area contributed by atoms with Gasteiger partial charge in [-0.3, -0.25) is 9.59 Å². The van der Waals surface area contributed by atoms with E-state index in [0.717, 1.165) is 19.3 Å². The molecule has 22 heavy (non-hydrogen) atoms. The van der Waals surface area contributed by atoms with Crippen LogP contribution in [0.1, 0.15) is 62.4 Å². The number of carbonyl (C=O) groups excluding carboxylic acids is 2. The highest BCUT2D eigenvalue weighted by molar-refractivity contribution is 5.97. The molecule has 1 amide bonds. The molecule has 0 aromatic heterocycles. The fourth-order valence-electron chi connectivity index (χ4n) is 2.02. The van der Waals surface area contributed by atoms with Crippen molar-refractivity contribution in [3.63, 3.8) is 0 Å². The number of carbonyl (C=O) groups is 2. The van der Waals surface area contributed by atoms with Gasteiger partial charge < -0.3 is 11.1 Å². The van der Waals surface area contributed by atoms with Crippen molar-refractivity contribution in [2.75, 3.05) is 6.54 Å². The fraction of sp³-hybridized carbons (Fsp3) is 0.556. The Morgan fingerprint density at radius 2 is 1.77 bits per heavy atom. The van der Waals surface area contributed by atoms with E-state index in [2.05, 4.69) is 12.2 Å². The molecule has 0 heterocycles. The lowest BCUT2D eigenvalue weighted by molar-refractivity contribution is -0.121. The van der Waals surface area contributed by atoms with Gasteiger partial charge in [0.15, 0.2) is 5.78 Å². The van der Waals surface area contributed by atoms with Gasteiger partial charge in [-0.2, -0.15) is 0 Å². The van der Waals surface area contributed by atoms with E-state index in [1.807, 2.05) is 38.1 Å². The van der Waals surface area contributed by atoms with Crippen LogP contribution in [0.3, 0.4) is 0 Å². The Kier molecular flexibility index (Phi) is 7.25. The number of benzene rings is 1. The first-order valence-electron chi connectivity index (χ1n) is 7.99. The molecule has 0 aliphatic rings. The van der Waals surface area contributed by atoms with E-state index in [-0.39, 0.29) is 24.5 Å². The number of aryl methyl sites for hydroxylation is 1. The van der Waals surface area contributed by atoms with Gasteiger partial charge in [-0.15, -0.1) is 0 Å². The number of Topliss-reactive ketones (excluding diaryl/α,β-unsaturated/α-hetero) is 1. The molecule has 0 radical (unpaired) electrons. The van der Waals surface area contributed by atoms with Gasteiger partial charge in [-0.1, -0.05) is 37.6 Å². The van der Waals surface area contributed by atoms with E-state index >= 15 is 0 Å². The summed E-state index contributed by atoms with van der Waals surface area (Å²) >= 11 is 0. The molecule has 1 rings (SSSR count). The van der Waals surface area contributed by atoms with Crippen LogP contribution < -0.4 is 11.1 Å². The first kappa shape index (κ1) is 18.4. The summed E-state index contributed by atoms with van der Waals surface area (Å²) in [7, 11) is 0. The zero-order chi connectivity index (χ0) is 16.6. The third-order valence-electron chi connectivity index (χ3n) is 3.42. The Hall–Kier alpha value is -1.68. The number of hydrogen-bond donors (Lipinski definition) is 2. The second-order valence-corrected chi connectivity index (χ2v) is 6.49. The van der Waals surface area contributed by atoms with Crippen LogP contribution in [0.4, 0.5) is 0 Å². The molecule has 0 saturated carbocycles. The maximum absolute atomic E-state index is 12.1. The van der Waals surface area contributed by atoms with Crippen molar-refractivity contribution < 1.29 is 9.59 Å². The van der Waals surface area contributed by atoms with E-state index < -0.39 is 5.54 Å². The van der Waals surface area contributed by atoms with Crippen molar-refractivity contribution in [3.05, 3.63) is 35.4 Å². The molecule has 3 N–H and O–H groups in total. The van der Waals surface area contributed by atoms with Gasteiger partial charge in [0.25, 0.3) is 0 Å². The van der Waals surface area contributed by atoms with Crippen LogP contribution >= 0.6 is 0 Å². The minimum Gasteiger partial charge on any atom is -0.354 e. The second kappa shape index (κ2) is 8.69. The standard InChI is InChI=1S/C18H28N2O2/c1-4-5-6-14-7-9-15(10-8-14)16(21)11-12-17(22)20-13-18(2,3)19/h7-10H,4-6,11-13,19H2,1-3H3,(H,20,22). The van der Waals surface area contributed by atoms with Gasteiger partial charge in [-0.05, 0) is 32.3 Å². The number of ketones is 1. The molecule has 122 valence electrons. The lowest BCUT2D eigenvalue weighted by Crippen LogP contribution is -2.45. The van der Waals surface area contributed by atoms with Crippen molar-refractivity contribution in [2.24, 2.45) is 5.73 Å². The van der Waals surface area contributed by atoms with Crippen molar-refractivity contribution in [2.45, 2.75) is 58.4 Å². The number of rotatable bonds is 9. The second-order valence-electron chi connectivity index (χ2n) is 6.49. The molecular weight excluding hydrogens is 276 g/mol. The highest BCUT2D eigenvalue weighted by atomic mass is 16.2. The summed E-state index contributed by atoms with van der Waals surface area (Å²) in [5, 5.41) is 2.75. The topological polar surface area (TPSA) is 72.2 Å². The number of hydrogen-bond acceptors (Lipinski definition) is 3. The van der Waals surface area contributed by atoms with Gasteiger partial charge in [-0.25, -0.2) is 0 Å². The Balaban J connectivity index is 2.40. The van der Waals surface area contributed by atoms with Crippen molar-refractivity contribution in [3.8, 4) is 0 Å². The minimum atomic E-state index is -0.437. The average molecular weight is 304 g/mol. The molecule has 0 aliphatic carbocycles. The van der Waals surface area contributed by atoms with Crippen LogP contribution in [0.25, 0.3) is 0 Å². The Morgan fingerprint density at radius 1 is 1.14 bits per heavy atom. The van der Waals surface area contributed by atoms with E-state index in [9.17, 15) is 9.59 Å². The molecule has 4 nitrogen and oxygen atoms in total. The maximum atomic E-state index is 12.1. The lowest BCUT2D eigenvalue weighted by Gasteiger charge is -2.18. The molecule has 0 fully saturated rings.